The minimum Gasteiger partial charge on any atom is -0.497 e. The lowest BCUT2D eigenvalue weighted by Crippen LogP contribution is -1.94. The molecule has 0 bridgehead atoms. The van der Waals surface area contributed by atoms with Gasteiger partial charge in [0.15, 0.2) is 5.78 Å². The number of alkyl halides is 1. The number of carbonyl (C=O) groups is 1. The quantitative estimate of drug-likeness (QED) is 0.605. The van der Waals surface area contributed by atoms with E-state index in [2.05, 4.69) is 0 Å². The van der Waals surface area contributed by atoms with Crippen LogP contribution in [0, 0.1) is 0 Å². The van der Waals surface area contributed by atoms with E-state index in [1.165, 1.54) is 6.08 Å². The molecule has 0 aliphatic heterocycles. The first-order valence-corrected chi connectivity index (χ1v) is 6.24. The van der Waals surface area contributed by atoms with Crippen molar-refractivity contribution in [1.82, 2.24) is 0 Å². The summed E-state index contributed by atoms with van der Waals surface area (Å²) in [5.41, 5.74) is 2.09. The molecular weight excluding hydrogens is 255 g/mol. The van der Waals surface area contributed by atoms with Gasteiger partial charge in [-0.2, -0.15) is 0 Å². The Labute approximate surface area is 117 Å². The van der Waals surface area contributed by atoms with Gasteiger partial charge in [-0.1, -0.05) is 30.3 Å². The lowest BCUT2D eigenvalue weighted by Gasteiger charge is -2.00. The molecule has 0 atom stereocenters. The molecule has 2 aromatic carbocycles. The van der Waals surface area contributed by atoms with Crippen molar-refractivity contribution in [2.24, 2.45) is 0 Å². The molecular formula is C17H15FO2. The van der Waals surface area contributed by atoms with Crippen LogP contribution in [0.3, 0.4) is 0 Å². The third-order valence-corrected chi connectivity index (χ3v) is 2.94. The van der Waals surface area contributed by atoms with Crippen LogP contribution >= 0.6 is 0 Å². The SMILES string of the molecule is COc1ccc(C(=O)/C=C/c2ccc(CF)cc2)cc1. The maximum absolute atomic E-state index is 12.4. The molecule has 2 rings (SSSR count). The van der Waals surface area contributed by atoms with Crippen LogP contribution in [0.25, 0.3) is 6.08 Å². The normalized spacial score (nSPS) is 10.7. The average molecular weight is 270 g/mol. The van der Waals surface area contributed by atoms with E-state index in [1.54, 1.807) is 61.7 Å². The van der Waals surface area contributed by atoms with Gasteiger partial charge in [0.25, 0.3) is 0 Å². The van der Waals surface area contributed by atoms with E-state index in [0.717, 1.165) is 5.56 Å². The molecule has 0 N–H and O–H groups in total. The van der Waals surface area contributed by atoms with Crippen LogP contribution in [0.1, 0.15) is 21.5 Å². The standard InChI is InChI=1S/C17H15FO2/c1-20-16-9-7-15(8-10-16)17(19)11-6-13-2-4-14(12-18)5-3-13/h2-11H,12H2,1H3/b11-6+. The number of methoxy groups -OCH3 is 1. The number of halogens is 1. The van der Waals surface area contributed by atoms with Crippen molar-refractivity contribution < 1.29 is 13.9 Å². The summed E-state index contributed by atoms with van der Waals surface area (Å²) in [5, 5.41) is 0. The monoisotopic (exact) mass is 270 g/mol. The van der Waals surface area contributed by atoms with Gasteiger partial charge in [-0.05, 0) is 41.5 Å². The maximum Gasteiger partial charge on any atom is 0.185 e. The lowest BCUT2D eigenvalue weighted by atomic mass is 10.1. The van der Waals surface area contributed by atoms with E-state index in [4.69, 9.17) is 4.74 Å². The number of hydrogen-bond acceptors (Lipinski definition) is 2. The molecule has 3 heteroatoms. The lowest BCUT2D eigenvalue weighted by molar-refractivity contribution is 0.104. The summed E-state index contributed by atoms with van der Waals surface area (Å²) in [6.45, 7) is -0.477. The van der Waals surface area contributed by atoms with E-state index in [0.29, 0.717) is 16.9 Å². The number of hydrogen-bond donors (Lipinski definition) is 0. The summed E-state index contributed by atoms with van der Waals surface area (Å²) in [6, 6.07) is 13.9. The molecule has 0 aromatic heterocycles. The summed E-state index contributed by atoms with van der Waals surface area (Å²) in [5.74, 6) is 0.634. The fourth-order valence-corrected chi connectivity index (χ4v) is 1.74. The van der Waals surface area contributed by atoms with Gasteiger partial charge in [0.2, 0.25) is 0 Å². The number of benzene rings is 2. The maximum atomic E-state index is 12.4. The van der Waals surface area contributed by atoms with Crippen molar-refractivity contribution in [3.63, 3.8) is 0 Å². The number of allylic oxidation sites excluding steroid dienone is 1. The molecule has 0 heterocycles. The molecule has 0 aliphatic rings. The first kappa shape index (κ1) is 14.0. The molecule has 0 amide bonds. The van der Waals surface area contributed by atoms with Gasteiger partial charge in [0, 0.05) is 5.56 Å². The minimum atomic E-state index is -0.477. The van der Waals surface area contributed by atoms with Gasteiger partial charge >= 0.3 is 0 Å². The Kier molecular flexibility index (Phi) is 4.66. The first-order chi connectivity index (χ1) is 9.72. The predicted octanol–water partition coefficient (Wildman–Crippen LogP) is 4.06. The molecule has 0 spiro atoms. The summed E-state index contributed by atoms with van der Waals surface area (Å²) in [7, 11) is 1.58. The Morgan fingerprint density at radius 1 is 1.10 bits per heavy atom. The van der Waals surface area contributed by atoms with Crippen molar-refractivity contribution in [2.45, 2.75) is 6.67 Å². The fraction of sp³-hybridized carbons (Fsp3) is 0.118. The highest BCUT2D eigenvalue weighted by atomic mass is 19.1. The highest BCUT2D eigenvalue weighted by Crippen LogP contribution is 2.13. The molecule has 0 radical (unpaired) electrons. The Morgan fingerprint density at radius 2 is 1.75 bits per heavy atom. The third-order valence-electron chi connectivity index (χ3n) is 2.94. The molecule has 0 unspecified atom stereocenters. The van der Waals surface area contributed by atoms with Crippen LogP contribution in [0.15, 0.2) is 54.6 Å². The highest BCUT2D eigenvalue weighted by molar-refractivity contribution is 6.06. The summed E-state index contributed by atoms with van der Waals surface area (Å²) in [4.78, 5) is 12.0. The smallest absolute Gasteiger partial charge is 0.185 e. The molecule has 0 fully saturated rings. The second-order valence-electron chi connectivity index (χ2n) is 4.30. The van der Waals surface area contributed by atoms with Crippen molar-refractivity contribution >= 4 is 11.9 Å². The highest BCUT2D eigenvalue weighted by Gasteiger charge is 2.01. The second kappa shape index (κ2) is 6.66. The van der Waals surface area contributed by atoms with E-state index in [9.17, 15) is 9.18 Å². The number of rotatable bonds is 5. The largest absolute Gasteiger partial charge is 0.497 e. The Bertz CT molecular complexity index is 598. The van der Waals surface area contributed by atoms with E-state index >= 15 is 0 Å². The summed E-state index contributed by atoms with van der Waals surface area (Å²) >= 11 is 0. The van der Waals surface area contributed by atoms with Crippen molar-refractivity contribution in [2.75, 3.05) is 7.11 Å². The van der Waals surface area contributed by atoms with E-state index < -0.39 is 6.67 Å². The van der Waals surface area contributed by atoms with Gasteiger partial charge in [-0.15, -0.1) is 0 Å². The van der Waals surface area contributed by atoms with Crippen molar-refractivity contribution in [1.29, 1.82) is 0 Å². The van der Waals surface area contributed by atoms with Crippen molar-refractivity contribution in [3.05, 3.63) is 71.3 Å². The summed E-state index contributed by atoms with van der Waals surface area (Å²) in [6.07, 6.45) is 3.22. The molecule has 0 aliphatic carbocycles. The molecule has 20 heavy (non-hydrogen) atoms. The Hall–Kier alpha value is -2.42. The van der Waals surface area contributed by atoms with Crippen LogP contribution in [-0.4, -0.2) is 12.9 Å². The zero-order valence-corrected chi connectivity index (χ0v) is 11.2. The Morgan fingerprint density at radius 3 is 2.30 bits per heavy atom. The van der Waals surface area contributed by atoms with Gasteiger partial charge in [0.05, 0.1) is 7.11 Å². The zero-order valence-electron chi connectivity index (χ0n) is 11.2. The average Bonchev–Trinajstić information content (AvgIpc) is 2.53. The van der Waals surface area contributed by atoms with Crippen molar-refractivity contribution in [3.8, 4) is 5.75 Å². The molecule has 102 valence electrons. The van der Waals surface area contributed by atoms with E-state index in [-0.39, 0.29) is 5.78 Å². The number of ketones is 1. The molecule has 0 saturated heterocycles. The van der Waals surface area contributed by atoms with Gasteiger partial charge in [0.1, 0.15) is 12.4 Å². The van der Waals surface area contributed by atoms with Crippen LogP contribution in [0.5, 0.6) is 5.75 Å². The van der Waals surface area contributed by atoms with Gasteiger partial charge < -0.3 is 4.74 Å². The number of carbonyl (C=O) groups excluding carboxylic acids is 1. The first-order valence-electron chi connectivity index (χ1n) is 6.24. The molecule has 0 saturated carbocycles. The molecule has 2 aromatic rings. The molecule has 2 nitrogen and oxygen atoms in total. The van der Waals surface area contributed by atoms with E-state index in [1.807, 2.05) is 0 Å². The van der Waals surface area contributed by atoms with Crippen LogP contribution in [-0.2, 0) is 6.67 Å². The van der Waals surface area contributed by atoms with Crippen LogP contribution < -0.4 is 4.74 Å². The summed E-state index contributed by atoms with van der Waals surface area (Å²) < 4.78 is 17.4. The topological polar surface area (TPSA) is 26.3 Å². The number of ether oxygens (including phenoxy) is 1. The Balaban J connectivity index is 2.07. The van der Waals surface area contributed by atoms with Gasteiger partial charge in [-0.25, -0.2) is 4.39 Å². The predicted molar refractivity (Wildman–Crippen MR) is 77.6 cm³/mol. The van der Waals surface area contributed by atoms with Gasteiger partial charge in [-0.3, -0.25) is 4.79 Å². The minimum absolute atomic E-state index is 0.0813. The third kappa shape index (κ3) is 3.54. The second-order valence-corrected chi connectivity index (χ2v) is 4.30. The van der Waals surface area contributed by atoms with Crippen LogP contribution in [0.2, 0.25) is 0 Å². The van der Waals surface area contributed by atoms with Crippen LogP contribution in [0.4, 0.5) is 4.39 Å². The fourth-order valence-electron chi connectivity index (χ4n) is 1.74. The zero-order chi connectivity index (χ0) is 14.4.